The zero-order valence-electron chi connectivity index (χ0n) is 9.09. The number of nitrogens with zero attached hydrogens (tertiary/aromatic N) is 1. The lowest BCUT2D eigenvalue weighted by atomic mass is 10.1. The van der Waals surface area contributed by atoms with Crippen LogP contribution in [0.15, 0.2) is 34.3 Å². The number of nitrogens with two attached hydrogens (primary N) is 1. The lowest BCUT2D eigenvalue weighted by Gasteiger charge is -1.99. The molecule has 88 valence electrons. The van der Waals surface area contributed by atoms with E-state index in [1.54, 1.807) is 6.21 Å². The van der Waals surface area contributed by atoms with E-state index in [4.69, 9.17) is 10.5 Å². The maximum absolute atomic E-state index is 10.9. The molecule has 2 N–H and O–H groups in total. The van der Waals surface area contributed by atoms with E-state index in [1.165, 1.54) is 5.41 Å². The van der Waals surface area contributed by atoms with Gasteiger partial charge in [-0.15, -0.1) is 12.6 Å². The van der Waals surface area contributed by atoms with Crippen LogP contribution in [-0.2, 0) is 11.2 Å². The molecule has 1 heterocycles. The molecule has 0 atom stereocenters. The van der Waals surface area contributed by atoms with Crippen LogP contribution in [0, 0.1) is 0 Å². The Kier molecular flexibility index (Phi) is 3.49. The normalized spacial score (nSPS) is 14.8. The molecule has 1 aromatic rings. The number of benzene rings is 1. The smallest absolute Gasteiger partial charge is 0.267 e. The highest BCUT2D eigenvalue weighted by Crippen LogP contribution is 2.25. The third-order valence-corrected chi connectivity index (χ3v) is 2.69. The number of primary amides is 1. The predicted octanol–water partition coefficient (Wildman–Crippen LogP) is 1.30. The average Bonchev–Trinajstić information content (AvgIpc) is 2.76. The molecule has 5 heteroatoms. The summed E-state index contributed by atoms with van der Waals surface area (Å²) in [5.74, 6) is 0.322. The van der Waals surface area contributed by atoms with E-state index < -0.39 is 5.91 Å². The van der Waals surface area contributed by atoms with Crippen molar-refractivity contribution >= 4 is 24.8 Å². The van der Waals surface area contributed by atoms with Crippen LogP contribution >= 0.6 is 12.6 Å². The second-order valence-corrected chi connectivity index (χ2v) is 3.86. The molecule has 0 unspecified atom stereocenters. The lowest BCUT2D eigenvalue weighted by molar-refractivity contribution is -0.114. The first-order valence-electron chi connectivity index (χ1n) is 5.14. The van der Waals surface area contributed by atoms with Crippen molar-refractivity contribution in [2.75, 3.05) is 6.61 Å². The van der Waals surface area contributed by atoms with Gasteiger partial charge in [-0.1, -0.05) is 0 Å². The second-order valence-electron chi connectivity index (χ2n) is 3.60. The second kappa shape index (κ2) is 5.05. The van der Waals surface area contributed by atoms with E-state index in [0.717, 1.165) is 29.9 Å². The first kappa shape index (κ1) is 11.7. The highest BCUT2D eigenvalue weighted by Gasteiger charge is 2.11. The van der Waals surface area contributed by atoms with Gasteiger partial charge in [-0.05, 0) is 34.7 Å². The summed E-state index contributed by atoms with van der Waals surface area (Å²) in [6, 6.07) is 5.77. The molecule has 2 rings (SSSR count). The van der Waals surface area contributed by atoms with E-state index in [2.05, 4.69) is 17.6 Å². The van der Waals surface area contributed by atoms with Gasteiger partial charge in [0.15, 0.2) is 0 Å². The zero-order valence-corrected chi connectivity index (χ0v) is 9.98. The molecule has 0 saturated heterocycles. The molecule has 1 aromatic carbocycles. The Hall–Kier alpha value is -1.75. The summed E-state index contributed by atoms with van der Waals surface area (Å²) in [6.45, 7) is 0.721. The van der Waals surface area contributed by atoms with Gasteiger partial charge < -0.3 is 10.5 Å². The van der Waals surface area contributed by atoms with Gasteiger partial charge in [0.1, 0.15) is 11.4 Å². The van der Waals surface area contributed by atoms with Crippen LogP contribution in [0.5, 0.6) is 5.75 Å². The molecular formula is C12H12N2O2S. The number of carbonyl (C=O) groups excluding carboxylic acids is 1. The third kappa shape index (κ3) is 2.68. The largest absolute Gasteiger partial charge is 0.493 e. The number of carbonyl (C=O) groups is 1. The summed E-state index contributed by atoms with van der Waals surface area (Å²) >= 11 is 3.87. The molecule has 0 spiro atoms. The van der Waals surface area contributed by atoms with E-state index in [1.807, 2.05) is 18.2 Å². The summed E-state index contributed by atoms with van der Waals surface area (Å²) in [7, 11) is 0. The molecule has 17 heavy (non-hydrogen) atoms. The van der Waals surface area contributed by atoms with E-state index >= 15 is 0 Å². The summed E-state index contributed by atoms with van der Waals surface area (Å²) in [5, 5.41) is 1.29. The first-order valence-corrected chi connectivity index (χ1v) is 5.66. The zero-order chi connectivity index (χ0) is 12.3. The molecule has 0 saturated carbocycles. The maximum Gasteiger partial charge on any atom is 0.267 e. The standard InChI is InChI=1S/C12H12N2O2S/c13-12(15)10(7-17)14-6-8-1-2-11-9(5-8)3-4-16-11/h1-2,5-7,17H,3-4H2,(H2,13,15)/b10-7-,14-6?. The molecule has 0 aromatic heterocycles. The van der Waals surface area contributed by atoms with Crippen LogP contribution in [0.3, 0.4) is 0 Å². The van der Waals surface area contributed by atoms with E-state index in [-0.39, 0.29) is 5.70 Å². The van der Waals surface area contributed by atoms with Crippen molar-refractivity contribution < 1.29 is 9.53 Å². The Balaban J connectivity index is 2.19. The summed E-state index contributed by atoms with van der Waals surface area (Å²) < 4.78 is 5.40. The van der Waals surface area contributed by atoms with Gasteiger partial charge in [-0.2, -0.15) is 0 Å². The van der Waals surface area contributed by atoms with Crippen molar-refractivity contribution in [1.82, 2.24) is 0 Å². The average molecular weight is 248 g/mol. The van der Waals surface area contributed by atoms with Crippen molar-refractivity contribution in [3.8, 4) is 5.75 Å². The van der Waals surface area contributed by atoms with Crippen LogP contribution < -0.4 is 10.5 Å². The number of hydrogen-bond donors (Lipinski definition) is 2. The van der Waals surface area contributed by atoms with Crippen molar-refractivity contribution in [3.63, 3.8) is 0 Å². The van der Waals surface area contributed by atoms with Crippen LogP contribution in [0.25, 0.3) is 0 Å². The van der Waals surface area contributed by atoms with Gasteiger partial charge in [0.25, 0.3) is 5.91 Å². The van der Waals surface area contributed by atoms with Crippen molar-refractivity contribution in [2.24, 2.45) is 10.7 Å². The fourth-order valence-electron chi connectivity index (χ4n) is 1.59. The van der Waals surface area contributed by atoms with Crippen molar-refractivity contribution in [1.29, 1.82) is 0 Å². The molecule has 0 radical (unpaired) electrons. The van der Waals surface area contributed by atoms with Crippen LogP contribution in [0.1, 0.15) is 11.1 Å². The Labute approximate surface area is 105 Å². The highest BCUT2D eigenvalue weighted by atomic mass is 32.1. The summed E-state index contributed by atoms with van der Waals surface area (Å²) in [5.41, 5.74) is 7.30. The third-order valence-electron chi connectivity index (χ3n) is 2.44. The Morgan fingerprint density at radius 3 is 3.06 bits per heavy atom. The minimum Gasteiger partial charge on any atom is -0.493 e. The minimum absolute atomic E-state index is 0.130. The summed E-state index contributed by atoms with van der Waals surface area (Å²) in [6.07, 6.45) is 2.49. The first-order chi connectivity index (χ1) is 8.20. The minimum atomic E-state index is -0.597. The molecule has 4 nitrogen and oxygen atoms in total. The van der Waals surface area contributed by atoms with Crippen molar-refractivity contribution in [3.05, 3.63) is 40.4 Å². The number of thiol groups is 1. The van der Waals surface area contributed by atoms with Crippen LogP contribution in [-0.4, -0.2) is 18.7 Å². The van der Waals surface area contributed by atoms with E-state index in [9.17, 15) is 4.79 Å². The number of ether oxygens (including phenoxy) is 1. The number of aliphatic imine (C=N–C) groups is 1. The van der Waals surface area contributed by atoms with E-state index in [0.29, 0.717) is 0 Å². The van der Waals surface area contributed by atoms with Crippen molar-refractivity contribution in [2.45, 2.75) is 6.42 Å². The van der Waals surface area contributed by atoms with Gasteiger partial charge in [0, 0.05) is 12.6 Å². The summed E-state index contributed by atoms with van der Waals surface area (Å²) in [4.78, 5) is 14.9. The Morgan fingerprint density at radius 1 is 1.53 bits per heavy atom. The fourth-order valence-corrected chi connectivity index (χ4v) is 1.79. The monoisotopic (exact) mass is 248 g/mol. The highest BCUT2D eigenvalue weighted by molar-refractivity contribution is 7.83. The SMILES string of the molecule is NC(=O)/C(=C/S)N=Cc1ccc2c(c1)CCO2. The quantitative estimate of drug-likeness (QED) is 0.481. The van der Waals surface area contributed by atoms with Crippen LogP contribution in [0.2, 0.25) is 0 Å². The maximum atomic E-state index is 10.9. The Bertz CT molecular complexity index is 509. The van der Waals surface area contributed by atoms with Gasteiger partial charge in [-0.25, -0.2) is 4.99 Å². The molecule has 0 bridgehead atoms. The topological polar surface area (TPSA) is 64.7 Å². The van der Waals surface area contributed by atoms with Crippen LogP contribution in [0.4, 0.5) is 0 Å². The van der Waals surface area contributed by atoms with Gasteiger partial charge in [0.05, 0.1) is 6.61 Å². The molecular weight excluding hydrogens is 236 g/mol. The molecule has 1 aliphatic rings. The number of fused-ring (bicyclic) bond motifs is 1. The fraction of sp³-hybridized carbons (Fsp3) is 0.167. The molecule has 1 aliphatic heterocycles. The number of hydrogen-bond acceptors (Lipinski definition) is 4. The number of rotatable bonds is 3. The molecule has 0 fully saturated rings. The van der Waals surface area contributed by atoms with Gasteiger partial charge >= 0.3 is 0 Å². The molecule has 0 aliphatic carbocycles. The van der Waals surface area contributed by atoms with Gasteiger partial charge in [-0.3, -0.25) is 4.79 Å². The predicted molar refractivity (Wildman–Crippen MR) is 69.5 cm³/mol. The molecule has 1 amide bonds. The Morgan fingerprint density at radius 2 is 2.35 bits per heavy atom. The van der Waals surface area contributed by atoms with Gasteiger partial charge in [0.2, 0.25) is 0 Å². The lowest BCUT2D eigenvalue weighted by Crippen LogP contribution is -2.12. The number of amides is 1.